The molecule has 0 saturated heterocycles. The summed E-state index contributed by atoms with van der Waals surface area (Å²) in [5.41, 5.74) is 3.71. The molecule has 18 heavy (non-hydrogen) atoms. The van der Waals surface area contributed by atoms with Crippen LogP contribution in [0.2, 0.25) is 0 Å². The number of rotatable bonds is 1. The molecule has 1 heterocycles. The Bertz CT molecular complexity index is 705. The standard InChI is InChI=1S/C16H13NO/c1-11-7-8-13-10-14(12-5-3-2-4-6-12)16(18)17-15(13)9-11/h2-10H,1H3,(H,17,18). The first-order valence-electron chi connectivity index (χ1n) is 5.90. The molecule has 0 atom stereocenters. The highest BCUT2D eigenvalue weighted by atomic mass is 16.3. The summed E-state index contributed by atoms with van der Waals surface area (Å²) < 4.78 is 0. The summed E-state index contributed by atoms with van der Waals surface area (Å²) >= 11 is 0. The maximum absolute atomic E-state index is 10.0. The number of fused-ring (bicyclic) bond motifs is 1. The van der Waals surface area contributed by atoms with Gasteiger partial charge in [-0.1, -0.05) is 42.5 Å². The first-order valence-corrected chi connectivity index (χ1v) is 5.90. The molecule has 0 aliphatic carbocycles. The molecule has 3 rings (SSSR count). The van der Waals surface area contributed by atoms with Crippen molar-refractivity contribution in [2.75, 3.05) is 0 Å². The van der Waals surface area contributed by atoms with Crippen molar-refractivity contribution < 1.29 is 5.11 Å². The Balaban J connectivity index is 2.25. The summed E-state index contributed by atoms with van der Waals surface area (Å²) in [6.07, 6.45) is 0. The lowest BCUT2D eigenvalue weighted by Gasteiger charge is -2.06. The van der Waals surface area contributed by atoms with Gasteiger partial charge >= 0.3 is 0 Å². The summed E-state index contributed by atoms with van der Waals surface area (Å²) in [5.74, 6) is 0.0827. The Labute approximate surface area is 106 Å². The number of hydrogen-bond acceptors (Lipinski definition) is 2. The van der Waals surface area contributed by atoms with E-state index in [-0.39, 0.29) is 5.88 Å². The smallest absolute Gasteiger partial charge is 0.219 e. The van der Waals surface area contributed by atoms with E-state index in [9.17, 15) is 5.11 Å². The average molecular weight is 235 g/mol. The molecule has 1 N–H and O–H groups in total. The van der Waals surface area contributed by atoms with Crippen molar-refractivity contribution >= 4 is 10.9 Å². The van der Waals surface area contributed by atoms with E-state index in [2.05, 4.69) is 11.1 Å². The molecule has 0 bridgehead atoms. The van der Waals surface area contributed by atoms with Crippen molar-refractivity contribution in [3.8, 4) is 17.0 Å². The summed E-state index contributed by atoms with van der Waals surface area (Å²) in [7, 11) is 0. The Morgan fingerprint density at radius 3 is 2.50 bits per heavy atom. The van der Waals surface area contributed by atoms with E-state index < -0.39 is 0 Å². The third-order valence-electron chi connectivity index (χ3n) is 3.04. The van der Waals surface area contributed by atoms with Crippen molar-refractivity contribution in [1.82, 2.24) is 4.98 Å². The third-order valence-corrected chi connectivity index (χ3v) is 3.04. The molecule has 3 aromatic rings. The SMILES string of the molecule is Cc1ccc2cc(-c3ccccc3)c(O)nc2c1. The lowest BCUT2D eigenvalue weighted by atomic mass is 10.0. The molecule has 0 fully saturated rings. The summed E-state index contributed by atoms with van der Waals surface area (Å²) in [6.45, 7) is 2.02. The molecule has 2 aromatic carbocycles. The predicted molar refractivity (Wildman–Crippen MR) is 73.6 cm³/mol. The summed E-state index contributed by atoms with van der Waals surface area (Å²) in [4.78, 5) is 4.27. The van der Waals surface area contributed by atoms with Gasteiger partial charge in [0.1, 0.15) is 0 Å². The van der Waals surface area contributed by atoms with Crippen molar-refractivity contribution in [3.05, 3.63) is 60.2 Å². The Morgan fingerprint density at radius 1 is 0.944 bits per heavy atom. The number of aromatic nitrogens is 1. The quantitative estimate of drug-likeness (QED) is 0.693. The van der Waals surface area contributed by atoms with Gasteiger partial charge in [0.05, 0.1) is 5.52 Å². The van der Waals surface area contributed by atoms with Crippen molar-refractivity contribution in [1.29, 1.82) is 0 Å². The van der Waals surface area contributed by atoms with E-state index in [4.69, 9.17) is 0 Å². The fourth-order valence-corrected chi connectivity index (χ4v) is 2.10. The average Bonchev–Trinajstić information content (AvgIpc) is 2.39. The summed E-state index contributed by atoms with van der Waals surface area (Å²) in [6, 6.07) is 17.8. The van der Waals surface area contributed by atoms with Crippen molar-refractivity contribution in [3.63, 3.8) is 0 Å². The minimum atomic E-state index is 0.0827. The van der Waals surface area contributed by atoms with Gasteiger partial charge in [-0.05, 0) is 30.2 Å². The minimum Gasteiger partial charge on any atom is -0.493 e. The number of nitrogens with zero attached hydrogens (tertiary/aromatic N) is 1. The largest absolute Gasteiger partial charge is 0.493 e. The predicted octanol–water partition coefficient (Wildman–Crippen LogP) is 3.92. The number of benzene rings is 2. The van der Waals surface area contributed by atoms with Gasteiger partial charge < -0.3 is 5.11 Å². The lowest BCUT2D eigenvalue weighted by Crippen LogP contribution is -1.86. The van der Waals surface area contributed by atoms with Crippen LogP contribution in [0.15, 0.2) is 54.6 Å². The molecule has 0 unspecified atom stereocenters. The van der Waals surface area contributed by atoms with E-state index in [0.29, 0.717) is 0 Å². The van der Waals surface area contributed by atoms with Gasteiger partial charge in [0.25, 0.3) is 0 Å². The monoisotopic (exact) mass is 235 g/mol. The van der Waals surface area contributed by atoms with Crippen LogP contribution in [0, 0.1) is 6.92 Å². The first kappa shape index (κ1) is 10.8. The third kappa shape index (κ3) is 1.82. The highest BCUT2D eigenvalue weighted by Gasteiger charge is 2.07. The zero-order valence-corrected chi connectivity index (χ0v) is 10.1. The van der Waals surface area contributed by atoms with Crippen LogP contribution in [0.4, 0.5) is 0 Å². The molecular formula is C16H13NO. The molecule has 2 nitrogen and oxygen atoms in total. The van der Waals surface area contributed by atoms with Crippen molar-refractivity contribution in [2.45, 2.75) is 6.92 Å². The highest BCUT2D eigenvalue weighted by Crippen LogP contribution is 2.30. The van der Waals surface area contributed by atoms with Crippen LogP contribution in [-0.2, 0) is 0 Å². The molecule has 0 radical (unpaired) electrons. The minimum absolute atomic E-state index is 0.0827. The molecule has 0 amide bonds. The van der Waals surface area contributed by atoms with Gasteiger partial charge in [-0.25, -0.2) is 4.98 Å². The second kappa shape index (κ2) is 4.15. The molecule has 1 aromatic heterocycles. The molecule has 2 heteroatoms. The number of pyridine rings is 1. The Morgan fingerprint density at radius 2 is 1.72 bits per heavy atom. The van der Waals surface area contributed by atoms with Crippen LogP contribution in [0.3, 0.4) is 0 Å². The van der Waals surface area contributed by atoms with Gasteiger partial charge in [0, 0.05) is 10.9 Å². The van der Waals surface area contributed by atoms with Gasteiger partial charge in [-0.2, -0.15) is 0 Å². The highest BCUT2D eigenvalue weighted by molar-refractivity contribution is 5.86. The van der Waals surface area contributed by atoms with Crippen LogP contribution in [0.25, 0.3) is 22.0 Å². The van der Waals surface area contributed by atoms with Crippen molar-refractivity contribution in [2.24, 2.45) is 0 Å². The van der Waals surface area contributed by atoms with E-state index in [1.54, 1.807) is 0 Å². The first-order chi connectivity index (χ1) is 8.74. The molecular weight excluding hydrogens is 222 g/mol. The normalized spacial score (nSPS) is 10.7. The van der Waals surface area contributed by atoms with Gasteiger partial charge in [0.15, 0.2) is 0 Å². The Hall–Kier alpha value is -2.35. The Kier molecular flexibility index (Phi) is 2.49. The van der Waals surface area contributed by atoms with Crippen LogP contribution >= 0.6 is 0 Å². The fourth-order valence-electron chi connectivity index (χ4n) is 2.10. The van der Waals surface area contributed by atoms with Gasteiger partial charge in [0.2, 0.25) is 5.88 Å². The molecule has 0 aliphatic rings. The van der Waals surface area contributed by atoms with Crippen LogP contribution in [0.5, 0.6) is 5.88 Å². The molecule has 0 spiro atoms. The molecule has 0 saturated carbocycles. The number of hydrogen-bond donors (Lipinski definition) is 1. The summed E-state index contributed by atoms with van der Waals surface area (Å²) in [5, 5.41) is 11.1. The number of aryl methyl sites for hydroxylation is 1. The van der Waals surface area contributed by atoms with Crippen LogP contribution in [-0.4, -0.2) is 10.1 Å². The maximum atomic E-state index is 10.0. The fraction of sp³-hybridized carbons (Fsp3) is 0.0625. The zero-order chi connectivity index (χ0) is 12.5. The van der Waals surface area contributed by atoms with E-state index in [1.807, 2.05) is 55.5 Å². The molecule has 0 aliphatic heterocycles. The van der Waals surface area contributed by atoms with E-state index in [1.165, 1.54) is 0 Å². The van der Waals surface area contributed by atoms with Gasteiger partial charge in [-0.3, -0.25) is 0 Å². The maximum Gasteiger partial charge on any atom is 0.219 e. The zero-order valence-electron chi connectivity index (χ0n) is 10.1. The van der Waals surface area contributed by atoms with Crippen LogP contribution in [0.1, 0.15) is 5.56 Å². The second-order valence-corrected chi connectivity index (χ2v) is 4.42. The van der Waals surface area contributed by atoms with Crippen LogP contribution < -0.4 is 0 Å². The molecule has 88 valence electrons. The lowest BCUT2D eigenvalue weighted by molar-refractivity contribution is 0.458. The van der Waals surface area contributed by atoms with Gasteiger partial charge in [-0.15, -0.1) is 0 Å². The second-order valence-electron chi connectivity index (χ2n) is 4.42. The topological polar surface area (TPSA) is 33.1 Å². The van der Waals surface area contributed by atoms with E-state index >= 15 is 0 Å². The van der Waals surface area contributed by atoms with E-state index in [0.717, 1.165) is 27.6 Å². The number of aromatic hydroxyl groups is 1.